The molecular weight excluding hydrogens is 268 g/mol. The molecule has 0 aromatic rings. The van der Waals surface area contributed by atoms with Crippen molar-refractivity contribution in [3.8, 4) is 0 Å². The van der Waals surface area contributed by atoms with Crippen molar-refractivity contribution in [1.82, 2.24) is 9.03 Å². The number of hydrogen-bond acceptors (Lipinski definition) is 4. The summed E-state index contributed by atoms with van der Waals surface area (Å²) in [5.41, 5.74) is -0.532. The lowest BCUT2D eigenvalue weighted by Gasteiger charge is -2.33. The number of esters is 1. The first-order valence-corrected chi connectivity index (χ1v) is 8.05. The van der Waals surface area contributed by atoms with Crippen molar-refractivity contribution >= 4 is 16.2 Å². The first kappa shape index (κ1) is 16.4. The van der Waals surface area contributed by atoms with Gasteiger partial charge in [0.05, 0.1) is 12.5 Å². The Balaban J connectivity index is 2.71. The van der Waals surface area contributed by atoms with E-state index in [-0.39, 0.29) is 18.4 Å². The van der Waals surface area contributed by atoms with Gasteiger partial charge in [-0.05, 0) is 40.5 Å². The van der Waals surface area contributed by atoms with Crippen LogP contribution in [0.25, 0.3) is 0 Å². The van der Waals surface area contributed by atoms with Crippen molar-refractivity contribution < 1.29 is 17.9 Å². The SMILES string of the molecule is CCOC(=O)[C@@H]1CCCN(S(=O)(=O)NC(C)(C)C)C1. The van der Waals surface area contributed by atoms with E-state index in [1.54, 1.807) is 27.7 Å². The Morgan fingerprint density at radius 2 is 2.05 bits per heavy atom. The van der Waals surface area contributed by atoms with Crippen LogP contribution in [0.15, 0.2) is 0 Å². The van der Waals surface area contributed by atoms with E-state index < -0.39 is 15.7 Å². The molecule has 0 aromatic heterocycles. The van der Waals surface area contributed by atoms with Crippen molar-refractivity contribution in [2.45, 2.75) is 46.1 Å². The Hall–Kier alpha value is -0.660. The van der Waals surface area contributed by atoms with Crippen LogP contribution >= 0.6 is 0 Å². The fourth-order valence-corrected chi connectivity index (χ4v) is 3.71. The number of piperidine rings is 1. The van der Waals surface area contributed by atoms with Gasteiger partial charge in [0.2, 0.25) is 0 Å². The van der Waals surface area contributed by atoms with Crippen molar-refractivity contribution in [1.29, 1.82) is 0 Å². The third-order valence-electron chi connectivity index (χ3n) is 2.78. The molecule has 0 radical (unpaired) electrons. The van der Waals surface area contributed by atoms with E-state index in [1.165, 1.54) is 4.31 Å². The normalized spacial score (nSPS) is 22.2. The van der Waals surface area contributed by atoms with Crippen LogP contribution in [0.5, 0.6) is 0 Å². The molecule has 1 aliphatic rings. The maximum Gasteiger partial charge on any atom is 0.310 e. The largest absolute Gasteiger partial charge is 0.466 e. The second kappa shape index (κ2) is 6.19. The topological polar surface area (TPSA) is 75.7 Å². The molecule has 0 spiro atoms. The van der Waals surface area contributed by atoms with Crippen LogP contribution in [-0.2, 0) is 19.7 Å². The molecule has 1 heterocycles. The number of rotatable bonds is 4. The molecule has 1 rings (SSSR count). The van der Waals surface area contributed by atoms with Crippen LogP contribution in [0.2, 0.25) is 0 Å². The van der Waals surface area contributed by atoms with E-state index in [0.29, 0.717) is 26.0 Å². The monoisotopic (exact) mass is 292 g/mol. The molecule has 0 saturated carbocycles. The molecule has 1 saturated heterocycles. The highest BCUT2D eigenvalue weighted by Gasteiger charge is 2.34. The Morgan fingerprint density at radius 1 is 1.42 bits per heavy atom. The Kier molecular flexibility index (Phi) is 5.34. The van der Waals surface area contributed by atoms with Crippen molar-refractivity contribution in [3.05, 3.63) is 0 Å². The molecule has 7 heteroatoms. The molecule has 1 fully saturated rings. The second-order valence-corrected chi connectivity index (χ2v) is 7.48. The highest BCUT2D eigenvalue weighted by Crippen LogP contribution is 2.20. The molecule has 1 aliphatic heterocycles. The molecule has 1 N–H and O–H groups in total. The fourth-order valence-electron chi connectivity index (χ4n) is 2.06. The molecule has 6 nitrogen and oxygen atoms in total. The predicted molar refractivity (Wildman–Crippen MR) is 72.7 cm³/mol. The van der Waals surface area contributed by atoms with Gasteiger partial charge in [-0.15, -0.1) is 0 Å². The summed E-state index contributed by atoms with van der Waals surface area (Å²) in [7, 11) is -3.55. The van der Waals surface area contributed by atoms with Crippen LogP contribution in [0.3, 0.4) is 0 Å². The van der Waals surface area contributed by atoms with Gasteiger partial charge in [0, 0.05) is 18.6 Å². The third-order valence-corrected chi connectivity index (χ3v) is 4.66. The summed E-state index contributed by atoms with van der Waals surface area (Å²) in [6, 6.07) is 0. The second-order valence-electron chi connectivity index (χ2n) is 5.81. The van der Waals surface area contributed by atoms with E-state index in [0.717, 1.165) is 0 Å². The first-order valence-electron chi connectivity index (χ1n) is 6.61. The zero-order valence-electron chi connectivity index (χ0n) is 12.1. The molecule has 0 unspecified atom stereocenters. The van der Waals surface area contributed by atoms with E-state index in [2.05, 4.69) is 4.72 Å². The molecule has 112 valence electrons. The molecule has 0 bridgehead atoms. The van der Waals surface area contributed by atoms with E-state index in [1.807, 2.05) is 0 Å². The molecule has 1 atom stereocenters. The van der Waals surface area contributed by atoms with E-state index >= 15 is 0 Å². The highest BCUT2D eigenvalue weighted by atomic mass is 32.2. The fraction of sp³-hybridized carbons (Fsp3) is 0.917. The maximum absolute atomic E-state index is 12.2. The molecule has 0 amide bonds. The lowest BCUT2D eigenvalue weighted by Crippen LogP contribution is -2.52. The Labute approximate surface area is 115 Å². The van der Waals surface area contributed by atoms with Gasteiger partial charge in [-0.25, -0.2) is 0 Å². The number of ether oxygens (including phenoxy) is 1. The van der Waals surface area contributed by atoms with Crippen molar-refractivity contribution in [2.24, 2.45) is 5.92 Å². The summed E-state index contributed by atoms with van der Waals surface area (Å²) in [5, 5.41) is 0. The van der Waals surface area contributed by atoms with Gasteiger partial charge in [-0.2, -0.15) is 17.4 Å². The minimum absolute atomic E-state index is 0.199. The van der Waals surface area contributed by atoms with Crippen LogP contribution in [0.1, 0.15) is 40.5 Å². The molecule has 19 heavy (non-hydrogen) atoms. The third kappa shape index (κ3) is 5.08. The van der Waals surface area contributed by atoms with E-state index in [9.17, 15) is 13.2 Å². The maximum atomic E-state index is 12.2. The van der Waals surface area contributed by atoms with Crippen LogP contribution < -0.4 is 4.72 Å². The minimum atomic E-state index is -3.55. The number of nitrogens with one attached hydrogen (secondary N) is 1. The number of carbonyl (C=O) groups excluding carboxylic acids is 1. The average Bonchev–Trinajstić information content (AvgIpc) is 2.26. The molecule has 0 aliphatic carbocycles. The van der Waals surface area contributed by atoms with Gasteiger partial charge in [-0.1, -0.05) is 0 Å². The van der Waals surface area contributed by atoms with Gasteiger partial charge in [0.1, 0.15) is 0 Å². The summed E-state index contributed by atoms with van der Waals surface area (Å²) in [6.45, 7) is 8.08. The van der Waals surface area contributed by atoms with Gasteiger partial charge in [0.25, 0.3) is 10.2 Å². The van der Waals surface area contributed by atoms with Crippen molar-refractivity contribution in [3.63, 3.8) is 0 Å². The number of carbonyl (C=O) groups is 1. The Bertz CT molecular complexity index is 414. The standard InChI is InChI=1S/C12H24N2O4S/c1-5-18-11(15)10-7-6-8-14(9-10)19(16,17)13-12(2,3)4/h10,13H,5-9H2,1-4H3/t10-/m1/s1. The Morgan fingerprint density at radius 3 is 2.58 bits per heavy atom. The lowest BCUT2D eigenvalue weighted by molar-refractivity contribution is -0.149. The molecular formula is C12H24N2O4S. The summed E-state index contributed by atoms with van der Waals surface area (Å²) in [4.78, 5) is 11.7. The molecule has 0 aromatic carbocycles. The number of nitrogens with zero attached hydrogens (tertiary/aromatic N) is 1. The van der Waals surface area contributed by atoms with Gasteiger partial charge in [-0.3, -0.25) is 4.79 Å². The minimum Gasteiger partial charge on any atom is -0.466 e. The quantitative estimate of drug-likeness (QED) is 0.781. The summed E-state index contributed by atoms with van der Waals surface area (Å²) < 4.78 is 33.3. The summed E-state index contributed by atoms with van der Waals surface area (Å²) >= 11 is 0. The first-order chi connectivity index (χ1) is 8.65. The highest BCUT2D eigenvalue weighted by molar-refractivity contribution is 7.87. The van der Waals surface area contributed by atoms with Crippen molar-refractivity contribution in [2.75, 3.05) is 19.7 Å². The summed E-state index contributed by atoms with van der Waals surface area (Å²) in [5.74, 6) is -0.664. The van der Waals surface area contributed by atoms with Gasteiger partial charge in [0.15, 0.2) is 0 Å². The lowest BCUT2D eigenvalue weighted by atomic mass is 10.0. The smallest absolute Gasteiger partial charge is 0.310 e. The predicted octanol–water partition coefficient (Wildman–Crippen LogP) is 0.894. The van der Waals surface area contributed by atoms with Gasteiger partial charge < -0.3 is 4.74 Å². The van der Waals surface area contributed by atoms with Crippen LogP contribution in [0, 0.1) is 5.92 Å². The van der Waals surface area contributed by atoms with Gasteiger partial charge >= 0.3 is 5.97 Å². The van der Waals surface area contributed by atoms with Crippen LogP contribution in [0.4, 0.5) is 0 Å². The summed E-state index contributed by atoms with van der Waals surface area (Å²) in [6.07, 6.45) is 1.36. The number of hydrogen-bond donors (Lipinski definition) is 1. The van der Waals surface area contributed by atoms with Crippen LogP contribution in [-0.4, -0.2) is 43.9 Å². The zero-order valence-corrected chi connectivity index (χ0v) is 12.9. The van der Waals surface area contributed by atoms with E-state index in [4.69, 9.17) is 4.74 Å². The zero-order chi connectivity index (χ0) is 14.7. The average molecular weight is 292 g/mol.